The van der Waals surface area contributed by atoms with E-state index in [0.29, 0.717) is 52.9 Å². The predicted octanol–water partition coefficient (Wildman–Crippen LogP) is 9.12. The molecule has 0 atom stereocenters. The summed E-state index contributed by atoms with van der Waals surface area (Å²) in [7, 11) is 0. The normalized spacial score (nSPS) is 21.3. The van der Waals surface area contributed by atoms with E-state index < -0.39 is 0 Å². The van der Waals surface area contributed by atoms with Gasteiger partial charge < -0.3 is 28.7 Å². The van der Waals surface area contributed by atoms with Crippen molar-refractivity contribution in [2.24, 2.45) is 0 Å². The average molecular weight is 742 g/mol. The third-order valence-electron chi connectivity index (χ3n) is 6.09. The van der Waals surface area contributed by atoms with E-state index in [1.165, 1.54) is 68.8 Å². The summed E-state index contributed by atoms with van der Waals surface area (Å²) < 4.78 is 37.1. The van der Waals surface area contributed by atoms with Crippen LogP contribution in [0.1, 0.15) is 31.2 Å². The third kappa shape index (κ3) is 14.8. The van der Waals surface area contributed by atoms with Gasteiger partial charge in [-0.25, -0.2) is 0 Å². The van der Waals surface area contributed by atoms with Crippen LogP contribution in [0.15, 0.2) is 43.9 Å². The molecule has 1 aromatic rings. The van der Waals surface area contributed by atoms with Gasteiger partial charge >= 0.3 is 0 Å². The summed E-state index contributed by atoms with van der Waals surface area (Å²) in [5.74, 6) is 3.08. The van der Waals surface area contributed by atoms with E-state index in [0.717, 1.165) is 24.7 Å². The number of hydrogen-bond donors (Lipinski definition) is 1. The molecule has 0 unspecified atom stereocenters. The fraction of sp³-hybridized carbons (Fsp3) is 0.655. The van der Waals surface area contributed by atoms with Gasteiger partial charge in [-0.2, -0.15) is 0 Å². The minimum Gasteiger partial charge on any atom is -0.378 e. The largest absolute Gasteiger partial charge is 0.378 e. The van der Waals surface area contributed by atoms with E-state index in [9.17, 15) is 0 Å². The standard InChI is InChI=1S/C29H43NO5S8/c1-36-24-25-38-20-17-34-15-13-32-11-9-31-10-12-33-14-16-35-18-21-39-27-26(42-29(43-27)28(40-24)41-25)37-19-5-3-2-4-6-23-7-8-30-22-23/h7-8,22,30H,2-6,9-21H2,1H3. The molecule has 3 aliphatic rings. The molecule has 0 saturated carbocycles. The molecule has 242 valence electrons. The lowest BCUT2D eigenvalue weighted by atomic mass is 10.1. The van der Waals surface area contributed by atoms with Crippen molar-refractivity contribution >= 4 is 94.1 Å². The van der Waals surface area contributed by atoms with Gasteiger partial charge in [-0.1, -0.05) is 59.9 Å². The molecule has 0 radical (unpaired) electrons. The van der Waals surface area contributed by atoms with Gasteiger partial charge in [0.2, 0.25) is 0 Å². The Morgan fingerprint density at radius 2 is 1.16 bits per heavy atom. The molecule has 6 nitrogen and oxygen atoms in total. The molecule has 4 bridgehead atoms. The van der Waals surface area contributed by atoms with Gasteiger partial charge in [0, 0.05) is 23.9 Å². The van der Waals surface area contributed by atoms with Crippen LogP contribution in [0, 0.1) is 0 Å². The number of aromatic nitrogens is 1. The number of aryl methyl sites for hydroxylation is 1. The number of rotatable bonds is 9. The lowest BCUT2D eigenvalue weighted by molar-refractivity contribution is -0.00902. The molecule has 1 aromatic heterocycles. The summed E-state index contributed by atoms with van der Waals surface area (Å²) in [6.07, 6.45) is 12.6. The van der Waals surface area contributed by atoms with Crippen molar-refractivity contribution in [3.63, 3.8) is 0 Å². The number of aromatic amines is 1. The summed E-state index contributed by atoms with van der Waals surface area (Å²) in [6.45, 7) is 6.18. The number of hydrogen-bond acceptors (Lipinski definition) is 13. The Balaban J connectivity index is 1.27. The maximum Gasteiger partial charge on any atom is 0.0717 e. The number of thioether (sulfide) groups is 8. The minimum absolute atomic E-state index is 0.575. The highest BCUT2D eigenvalue weighted by atomic mass is 32.3. The molecule has 4 heterocycles. The highest BCUT2D eigenvalue weighted by molar-refractivity contribution is 8.45. The van der Waals surface area contributed by atoms with E-state index in [1.807, 2.05) is 100 Å². The maximum atomic E-state index is 5.87. The van der Waals surface area contributed by atoms with Crippen molar-refractivity contribution in [3.8, 4) is 0 Å². The molecular weight excluding hydrogens is 699 g/mol. The maximum absolute atomic E-state index is 5.87. The quantitative estimate of drug-likeness (QED) is 0.245. The van der Waals surface area contributed by atoms with Crippen molar-refractivity contribution in [1.29, 1.82) is 0 Å². The minimum atomic E-state index is 0.575. The first-order valence-electron chi connectivity index (χ1n) is 14.7. The van der Waals surface area contributed by atoms with Crippen LogP contribution < -0.4 is 0 Å². The highest BCUT2D eigenvalue weighted by Gasteiger charge is 2.30. The summed E-state index contributed by atoms with van der Waals surface area (Å²) in [4.78, 5) is 3.16. The van der Waals surface area contributed by atoms with Crippen LogP contribution in [0.4, 0.5) is 0 Å². The van der Waals surface area contributed by atoms with Gasteiger partial charge in [0.15, 0.2) is 0 Å². The van der Waals surface area contributed by atoms with Crippen molar-refractivity contribution in [3.05, 3.63) is 49.4 Å². The Morgan fingerprint density at radius 3 is 1.72 bits per heavy atom. The van der Waals surface area contributed by atoms with E-state index in [4.69, 9.17) is 23.7 Å². The van der Waals surface area contributed by atoms with Crippen LogP contribution in [0.2, 0.25) is 0 Å². The van der Waals surface area contributed by atoms with E-state index in [-0.39, 0.29) is 0 Å². The summed E-state index contributed by atoms with van der Waals surface area (Å²) in [6, 6.07) is 2.19. The Morgan fingerprint density at radius 1 is 0.628 bits per heavy atom. The smallest absolute Gasteiger partial charge is 0.0717 e. The molecule has 0 saturated heterocycles. The lowest BCUT2D eigenvalue weighted by Crippen LogP contribution is -2.13. The van der Waals surface area contributed by atoms with Gasteiger partial charge in [-0.05, 0) is 42.9 Å². The fourth-order valence-electron chi connectivity index (χ4n) is 3.93. The van der Waals surface area contributed by atoms with Crippen molar-refractivity contribution in [2.45, 2.75) is 32.1 Å². The molecule has 0 aliphatic carbocycles. The van der Waals surface area contributed by atoms with Crippen LogP contribution in [0.3, 0.4) is 0 Å². The van der Waals surface area contributed by atoms with Crippen LogP contribution in [-0.4, -0.2) is 94.6 Å². The van der Waals surface area contributed by atoms with Gasteiger partial charge in [0.05, 0.1) is 91.5 Å². The van der Waals surface area contributed by atoms with E-state index in [1.54, 1.807) is 0 Å². The molecular formula is C29H43NO5S8. The summed E-state index contributed by atoms with van der Waals surface area (Å²) in [5, 5.41) is 0. The second-order valence-corrected chi connectivity index (χ2v) is 19.1. The number of ether oxygens (including phenoxy) is 5. The zero-order chi connectivity index (χ0) is 29.8. The van der Waals surface area contributed by atoms with Crippen LogP contribution in [0.25, 0.3) is 0 Å². The van der Waals surface area contributed by atoms with Crippen molar-refractivity contribution in [1.82, 2.24) is 4.98 Å². The van der Waals surface area contributed by atoms with Crippen molar-refractivity contribution < 1.29 is 23.7 Å². The van der Waals surface area contributed by atoms with Gasteiger partial charge in [0.25, 0.3) is 0 Å². The highest BCUT2D eigenvalue weighted by Crippen LogP contribution is 2.65. The first kappa shape index (κ1) is 36.9. The molecule has 1 N–H and O–H groups in total. The Kier molecular flexibility index (Phi) is 20.1. The summed E-state index contributed by atoms with van der Waals surface area (Å²) >= 11 is 15.6. The fourth-order valence-corrected chi connectivity index (χ4v) is 15.4. The second kappa shape index (κ2) is 23.4. The zero-order valence-corrected chi connectivity index (χ0v) is 31.3. The van der Waals surface area contributed by atoms with Crippen LogP contribution in [0.5, 0.6) is 0 Å². The molecule has 14 heteroatoms. The Labute approximate surface area is 291 Å². The lowest BCUT2D eigenvalue weighted by Gasteiger charge is -2.08. The van der Waals surface area contributed by atoms with Crippen LogP contribution in [-0.2, 0) is 30.1 Å². The zero-order valence-electron chi connectivity index (χ0n) is 24.8. The molecule has 0 amide bonds. The number of fused-ring (bicyclic) bond motifs is 4. The third-order valence-corrected chi connectivity index (χ3v) is 17.5. The molecule has 0 aromatic carbocycles. The summed E-state index contributed by atoms with van der Waals surface area (Å²) in [5.41, 5.74) is 1.42. The molecule has 43 heavy (non-hydrogen) atoms. The van der Waals surface area contributed by atoms with Gasteiger partial charge in [-0.15, -0.1) is 47.0 Å². The topological polar surface area (TPSA) is 61.9 Å². The monoisotopic (exact) mass is 741 g/mol. The number of H-pyrrole nitrogens is 1. The van der Waals surface area contributed by atoms with E-state index in [2.05, 4.69) is 23.5 Å². The second-order valence-electron chi connectivity index (χ2n) is 9.33. The van der Waals surface area contributed by atoms with Gasteiger partial charge in [0.1, 0.15) is 0 Å². The molecule has 0 spiro atoms. The number of nitrogens with one attached hydrogen (secondary N) is 1. The van der Waals surface area contributed by atoms with Crippen LogP contribution >= 0.6 is 94.1 Å². The van der Waals surface area contributed by atoms with E-state index >= 15 is 0 Å². The first-order valence-corrected chi connectivity index (χ1v) is 22.1. The first-order chi connectivity index (χ1) is 21.3. The molecule has 0 fully saturated rings. The van der Waals surface area contributed by atoms with Gasteiger partial charge in [-0.3, -0.25) is 0 Å². The SMILES string of the molecule is CSC1=C2SCCOCCOCCOCCOCCOCCSC3=C(SCCCCCCc4cc[nH]c4)SC(=C(S1)S2)S3. The Bertz CT molecular complexity index is 1020. The average Bonchev–Trinajstić information content (AvgIpc) is 3.78. The predicted molar refractivity (Wildman–Crippen MR) is 199 cm³/mol. The number of unbranched alkanes of at least 4 members (excludes halogenated alkanes) is 3. The molecule has 4 rings (SSSR count). The molecule has 3 aliphatic heterocycles. The van der Waals surface area contributed by atoms with Crippen molar-refractivity contribution in [2.75, 3.05) is 89.6 Å². The Hall–Kier alpha value is 1.10.